The fourth-order valence-corrected chi connectivity index (χ4v) is 3.24. The molecule has 0 aliphatic carbocycles. The normalized spacial score (nSPS) is 11.9. The Morgan fingerprint density at radius 2 is 0.786 bits per heavy atom. The molecule has 4 N–H and O–H groups in total. The summed E-state index contributed by atoms with van der Waals surface area (Å²) < 4.78 is 0. The summed E-state index contributed by atoms with van der Waals surface area (Å²) in [4.78, 5) is 0. The van der Waals surface area contributed by atoms with Gasteiger partial charge in [0, 0.05) is 13.2 Å². The Balaban J connectivity index is 0. The maximum absolute atomic E-state index is 9.08. The van der Waals surface area contributed by atoms with Crippen LogP contribution in [0.4, 0.5) is 0 Å². The third-order valence-electron chi connectivity index (χ3n) is 5.17. The van der Waals surface area contributed by atoms with Gasteiger partial charge in [0.25, 0.3) is 0 Å². The standard InChI is InChI=1S/2C12H26O2/c1-2-3-4-5-6-7-8-9-10-12(14)11-13;13-11-9-7-5-3-1-2-4-6-8-10-12-14/h12-14H,2-11H2,1H3;13-14H,1-12H2. The second-order valence-corrected chi connectivity index (χ2v) is 8.08. The molecule has 4 nitrogen and oxygen atoms in total. The maximum Gasteiger partial charge on any atom is 0.0770 e. The van der Waals surface area contributed by atoms with E-state index in [2.05, 4.69) is 6.92 Å². The average Bonchev–Trinajstić information content (AvgIpc) is 2.71. The van der Waals surface area contributed by atoms with Crippen molar-refractivity contribution in [1.29, 1.82) is 0 Å². The summed E-state index contributed by atoms with van der Waals surface area (Å²) in [5.74, 6) is 0. The third-order valence-corrected chi connectivity index (χ3v) is 5.17. The van der Waals surface area contributed by atoms with Gasteiger partial charge in [0.15, 0.2) is 0 Å². The minimum atomic E-state index is -0.491. The van der Waals surface area contributed by atoms with Gasteiger partial charge in [-0.05, 0) is 19.3 Å². The molecule has 1 atom stereocenters. The number of aliphatic hydroxyl groups excluding tert-OH is 4. The maximum atomic E-state index is 9.08. The zero-order valence-electron chi connectivity index (χ0n) is 18.9. The van der Waals surface area contributed by atoms with Crippen molar-refractivity contribution in [2.24, 2.45) is 0 Å². The largest absolute Gasteiger partial charge is 0.396 e. The molecule has 0 radical (unpaired) electrons. The monoisotopic (exact) mass is 404 g/mol. The molecule has 0 aromatic carbocycles. The Labute approximate surface area is 175 Å². The summed E-state index contributed by atoms with van der Waals surface area (Å²) in [6, 6.07) is 0. The van der Waals surface area contributed by atoms with Crippen molar-refractivity contribution in [1.82, 2.24) is 0 Å². The summed E-state index contributed by atoms with van der Waals surface area (Å²) in [5.41, 5.74) is 0. The SMILES string of the molecule is CCCCCCCCCCC(O)CO.OCCCCCCCCCCCCO. The van der Waals surface area contributed by atoms with Crippen LogP contribution >= 0.6 is 0 Å². The minimum Gasteiger partial charge on any atom is -0.396 e. The second-order valence-electron chi connectivity index (χ2n) is 8.08. The quantitative estimate of drug-likeness (QED) is 0.184. The van der Waals surface area contributed by atoms with Gasteiger partial charge < -0.3 is 20.4 Å². The first-order chi connectivity index (χ1) is 13.7. The molecule has 0 aromatic rings. The van der Waals surface area contributed by atoms with Crippen molar-refractivity contribution >= 4 is 0 Å². The summed E-state index contributed by atoms with van der Waals surface area (Å²) in [5, 5.41) is 34.8. The van der Waals surface area contributed by atoms with E-state index in [1.165, 1.54) is 96.3 Å². The highest BCUT2D eigenvalue weighted by atomic mass is 16.3. The van der Waals surface area contributed by atoms with Crippen LogP contribution < -0.4 is 0 Å². The van der Waals surface area contributed by atoms with Crippen molar-refractivity contribution in [2.45, 2.75) is 135 Å². The van der Waals surface area contributed by atoms with Crippen LogP contribution in [0.5, 0.6) is 0 Å². The zero-order chi connectivity index (χ0) is 21.1. The van der Waals surface area contributed by atoms with E-state index >= 15 is 0 Å². The Hall–Kier alpha value is -0.160. The van der Waals surface area contributed by atoms with E-state index < -0.39 is 6.10 Å². The smallest absolute Gasteiger partial charge is 0.0770 e. The predicted molar refractivity (Wildman–Crippen MR) is 121 cm³/mol. The Kier molecular flexibility index (Phi) is 31.2. The number of aliphatic hydroxyl groups is 4. The summed E-state index contributed by atoms with van der Waals surface area (Å²) in [7, 11) is 0. The van der Waals surface area contributed by atoms with E-state index in [1.807, 2.05) is 0 Å². The number of unbranched alkanes of at least 4 members (excludes halogenated alkanes) is 16. The molecule has 4 heteroatoms. The van der Waals surface area contributed by atoms with E-state index in [-0.39, 0.29) is 6.61 Å². The molecule has 0 fully saturated rings. The van der Waals surface area contributed by atoms with Crippen LogP contribution in [0, 0.1) is 0 Å². The van der Waals surface area contributed by atoms with E-state index in [4.69, 9.17) is 20.4 Å². The van der Waals surface area contributed by atoms with Crippen LogP contribution in [-0.4, -0.2) is 46.4 Å². The van der Waals surface area contributed by atoms with Gasteiger partial charge in [-0.3, -0.25) is 0 Å². The van der Waals surface area contributed by atoms with Crippen molar-refractivity contribution < 1.29 is 20.4 Å². The summed E-state index contributed by atoms with van der Waals surface area (Å²) in [6.45, 7) is 2.84. The van der Waals surface area contributed by atoms with Gasteiger partial charge in [0.05, 0.1) is 12.7 Å². The molecule has 0 spiro atoms. The highest BCUT2D eigenvalue weighted by molar-refractivity contribution is 4.53. The van der Waals surface area contributed by atoms with Crippen molar-refractivity contribution in [3.8, 4) is 0 Å². The highest BCUT2D eigenvalue weighted by Gasteiger charge is 2.00. The molecule has 1 unspecified atom stereocenters. The lowest BCUT2D eigenvalue weighted by atomic mass is 10.1. The fourth-order valence-electron chi connectivity index (χ4n) is 3.24. The van der Waals surface area contributed by atoms with E-state index in [0.717, 1.165) is 25.7 Å². The molecule has 0 saturated carbocycles. The van der Waals surface area contributed by atoms with Crippen LogP contribution in [0.3, 0.4) is 0 Å². The molecule has 0 bridgehead atoms. The van der Waals surface area contributed by atoms with Crippen molar-refractivity contribution in [2.75, 3.05) is 19.8 Å². The molecule has 0 amide bonds. The van der Waals surface area contributed by atoms with E-state index in [1.54, 1.807) is 0 Å². The fraction of sp³-hybridized carbons (Fsp3) is 1.00. The van der Waals surface area contributed by atoms with Crippen molar-refractivity contribution in [3.63, 3.8) is 0 Å². The first-order valence-corrected chi connectivity index (χ1v) is 12.2. The van der Waals surface area contributed by atoms with Gasteiger partial charge in [0.1, 0.15) is 0 Å². The van der Waals surface area contributed by atoms with Crippen LogP contribution in [-0.2, 0) is 0 Å². The van der Waals surface area contributed by atoms with Gasteiger partial charge in [-0.2, -0.15) is 0 Å². The highest BCUT2D eigenvalue weighted by Crippen LogP contribution is 2.11. The molecule has 0 heterocycles. The first kappa shape index (κ1) is 30.0. The number of hydrogen-bond acceptors (Lipinski definition) is 4. The van der Waals surface area contributed by atoms with Crippen LogP contribution in [0.1, 0.15) is 129 Å². The number of hydrogen-bond donors (Lipinski definition) is 4. The van der Waals surface area contributed by atoms with Gasteiger partial charge in [-0.15, -0.1) is 0 Å². The van der Waals surface area contributed by atoms with Gasteiger partial charge in [-0.1, -0.05) is 110 Å². The van der Waals surface area contributed by atoms with E-state index in [9.17, 15) is 0 Å². The molecule has 0 saturated heterocycles. The lowest BCUT2D eigenvalue weighted by Gasteiger charge is -2.06. The summed E-state index contributed by atoms with van der Waals surface area (Å²) >= 11 is 0. The summed E-state index contributed by atoms with van der Waals surface area (Å²) in [6.07, 6.45) is 22.7. The van der Waals surface area contributed by atoms with Crippen LogP contribution in [0.2, 0.25) is 0 Å². The molecule has 0 rings (SSSR count). The molecular formula is C24H52O4. The molecular weight excluding hydrogens is 352 g/mol. The molecule has 0 aliphatic heterocycles. The molecule has 0 aliphatic rings. The van der Waals surface area contributed by atoms with Crippen molar-refractivity contribution in [3.05, 3.63) is 0 Å². The predicted octanol–water partition coefficient (Wildman–Crippen LogP) is 5.74. The molecule has 0 aromatic heterocycles. The number of rotatable bonds is 21. The Morgan fingerprint density at radius 3 is 1.11 bits per heavy atom. The molecule has 28 heavy (non-hydrogen) atoms. The lowest BCUT2D eigenvalue weighted by Crippen LogP contribution is -2.10. The van der Waals surface area contributed by atoms with Gasteiger partial charge in [0.2, 0.25) is 0 Å². The Bertz CT molecular complexity index is 237. The van der Waals surface area contributed by atoms with Crippen LogP contribution in [0.25, 0.3) is 0 Å². The lowest BCUT2D eigenvalue weighted by molar-refractivity contribution is 0.0860. The van der Waals surface area contributed by atoms with Crippen LogP contribution in [0.15, 0.2) is 0 Å². The third kappa shape index (κ3) is 30.6. The van der Waals surface area contributed by atoms with Gasteiger partial charge >= 0.3 is 0 Å². The molecule has 172 valence electrons. The van der Waals surface area contributed by atoms with Gasteiger partial charge in [-0.25, -0.2) is 0 Å². The second kappa shape index (κ2) is 29.0. The zero-order valence-corrected chi connectivity index (χ0v) is 18.9. The van der Waals surface area contributed by atoms with E-state index in [0.29, 0.717) is 13.2 Å². The first-order valence-electron chi connectivity index (χ1n) is 12.2. The Morgan fingerprint density at radius 1 is 0.464 bits per heavy atom. The average molecular weight is 405 g/mol. The minimum absolute atomic E-state index is 0.0868. The topological polar surface area (TPSA) is 80.9 Å².